The molecule has 0 bridgehead atoms. The number of hydrogen-bond acceptors (Lipinski definition) is 6. The van der Waals surface area contributed by atoms with E-state index >= 15 is 0 Å². The summed E-state index contributed by atoms with van der Waals surface area (Å²) < 4.78 is 7.35. The molecule has 0 aliphatic carbocycles. The van der Waals surface area contributed by atoms with Crippen molar-refractivity contribution in [1.82, 2.24) is 19.7 Å². The van der Waals surface area contributed by atoms with E-state index in [1.54, 1.807) is 16.0 Å². The predicted octanol–water partition coefficient (Wildman–Crippen LogP) is 4.77. The molecular formula is C19H24N4OS2. The highest BCUT2D eigenvalue weighted by molar-refractivity contribution is 7.71. The summed E-state index contributed by atoms with van der Waals surface area (Å²) in [6, 6.07) is 8.76. The van der Waals surface area contributed by atoms with Crippen LogP contribution in [-0.4, -0.2) is 26.7 Å². The van der Waals surface area contributed by atoms with E-state index in [9.17, 15) is 0 Å². The largest absolute Gasteiger partial charge is 0.414 e. The Kier molecular flexibility index (Phi) is 6.01. The molecule has 2 heterocycles. The first-order valence-corrected chi connectivity index (χ1v) is 9.94. The van der Waals surface area contributed by atoms with Crippen LogP contribution < -0.4 is 0 Å². The standard InChI is InChI=1S/C19H24N4OS2/c1-13(2)16-7-5-15(6-8-16)10-22(4)12-23-19(25)24-18(21-23)9-17-11-26-14(3)20-17/h5-8,11,13H,9-10,12H2,1-4H3. The van der Waals surface area contributed by atoms with Gasteiger partial charge in [0.15, 0.2) is 0 Å². The number of nitrogens with zero attached hydrogens (tertiary/aromatic N) is 4. The minimum absolute atomic E-state index is 0.397. The molecule has 0 fully saturated rings. The number of aryl methyl sites for hydroxylation is 1. The first kappa shape index (κ1) is 18.9. The monoisotopic (exact) mass is 388 g/mol. The molecule has 3 rings (SSSR count). The molecule has 0 saturated heterocycles. The summed E-state index contributed by atoms with van der Waals surface area (Å²) >= 11 is 6.94. The fraction of sp³-hybridized carbons (Fsp3) is 0.421. The van der Waals surface area contributed by atoms with E-state index in [-0.39, 0.29) is 0 Å². The fourth-order valence-electron chi connectivity index (χ4n) is 2.75. The third-order valence-corrected chi connectivity index (χ3v) is 5.24. The molecule has 26 heavy (non-hydrogen) atoms. The van der Waals surface area contributed by atoms with Gasteiger partial charge in [0.2, 0.25) is 5.89 Å². The van der Waals surface area contributed by atoms with Gasteiger partial charge < -0.3 is 4.42 Å². The zero-order chi connectivity index (χ0) is 18.7. The lowest BCUT2D eigenvalue weighted by atomic mass is 10.0. The van der Waals surface area contributed by atoms with Crippen molar-refractivity contribution in [2.75, 3.05) is 7.05 Å². The molecule has 7 heteroatoms. The number of hydrogen-bond donors (Lipinski definition) is 0. The molecule has 0 saturated carbocycles. The Morgan fingerprint density at radius 2 is 2.00 bits per heavy atom. The summed E-state index contributed by atoms with van der Waals surface area (Å²) in [4.78, 5) is 7.01. The van der Waals surface area contributed by atoms with E-state index in [1.807, 2.05) is 12.3 Å². The predicted molar refractivity (Wildman–Crippen MR) is 107 cm³/mol. The number of aromatic nitrogens is 3. The first-order valence-electron chi connectivity index (χ1n) is 8.66. The van der Waals surface area contributed by atoms with Gasteiger partial charge in [0.1, 0.15) is 0 Å². The molecule has 2 aromatic heterocycles. The third kappa shape index (κ3) is 4.87. The van der Waals surface area contributed by atoms with Crippen LogP contribution in [0.3, 0.4) is 0 Å². The number of rotatable bonds is 7. The average Bonchev–Trinajstić information content (AvgIpc) is 3.13. The normalized spacial score (nSPS) is 11.6. The average molecular weight is 389 g/mol. The van der Waals surface area contributed by atoms with Crippen molar-refractivity contribution < 1.29 is 4.42 Å². The summed E-state index contributed by atoms with van der Waals surface area (Å²) in [5.41, 5.74) is 3.59. The van der Waals surface area contributed by atoms with Crippen molar-refractivity contribution in [3.63, 3.8) is 0 Å². The maximum atomic E-state index is 5.63. The SMILES string of the molecule is Cc1nc(Cc2nn(CN(C)Cc3ccc(C(C)C)cc3)c(=S)o2)cs1. The van der Waals surface area contributed by atoms with E-state index in [2.05, 4.69) is 60.1 Å². The van der Waals surface area contributed by atoms with Crippen LogP contribution in [0, 0.1) is 11.8 Å². The van der Waals surface area contributed by atoms with Crippen LogP contribution in [0.15, 0.2) is 34.1 Å². The van der Waals surface area contributed by atoms with Gasteiger partial charge in [0.25, 0.3) is 4.84 Å². The molecule has 138 valence electrons. The molecule has 0 unspecified atom stereocenters. The summed E-state index contributed by atoms with van der Waals surface area (Å²) in [5, 5.41) is 7.57. The zero-order valence-electron chi connectivity index (χ0n) is 15.6. The molecule has 0 radical (unpaired) electrons. The lowest BCUT2D eigenvalue weighted by Gasteiger charge is -2.16. The van der Waals surface area contributed by atoms with Gasteiger partial charge in [-0.2, -0.15) is 0 Å². The Hall–Kier alpha value is -1.83. The van der Waals surface area contributed by atoms with Crippen molar-refractivity contribution in [2.24, 2.45) is 0 Å². The van der Waals surface area contributed by atoms with Gasteiger partial charge in [-0.25, -0.2) is 9.67 Å². The van der Waals surface area contributed by atoms with E-state index < -0.39 is 0 Å². The van der Waals surface area contributed by atoms with Crippen molar-refractivity contribution in [2.45, 2.75) is 46.3 Å². The van der Waals surface area contributed by atoms with E-state index in [0.29, 0.717) is 29.7 Å². The topological polar surface area (TPSA) is 47.1 Å². The Labute approximate surface area is 163 Å². The highest BCUT2D eigenvalue weighted by Crippen LogP contribution is 2.16. The minimum Gasteiger partial charge on any atom is -0.414 e. The molecule has 3 aromatic rings. The molecule has 0 spiro atoms. The highest BCUT2D eigenvalue weighted by atomic mass is 32.1. The molecule has 1 aromatic carbocycles. The van der Waals surface area contributed by atoms with Gasteiger partial charge in [-0.05, 0) is 43.2 Å². The van der Waals surface area contributed by atoms with Crippen LogP contribution in [-0.2, 0) is 19.6 Å². The van der Waals surface area contributed by atoms with Crippen LogP contribution in [0.4, 0.5) is 0 Å². The Balaban J connectivity index is 1.62. The van der Waals surface area contributed by atoms with Crippen LogP contribution in [0.1, 0.15) is 47.5 Å². The Morgan fingerprint density at radius 1 is 1.27 bits per heavy atom. The van der Waals surface area contributed by atoms with Crippen LogP contribution in [0.2, 0.25) is 0 Å². The lowest BCUT2D eigenvalue weighted by Crippen LogP contribution is -2.22. The maximum absolute atomic E-state index is 5.63. The molecule has 0 aliphatic rings. The van der Waals surface area contributed by atoms with Crippen LogP contribution in [0.25, 0.3) is 0 Å². The highest BCUT2D eigenvalue weighted by Gasteiger charge is 2.11. The van der Waals surface area contributed by atoms with Gasteiger partial charge in [-0.3, -0.25) is 4.90 Å². The summed E-state index contributed by atoms with van der Waals surface area (Å²) in [7, 11) is 2.05. The van der Waals surface area contributed by atoms with Gasteiger partial charge in [-0.1, -0.05) is 38.1 Å². The van der Waals surface area contributed by atoms with E-state index in [4.69, 9.17) is 16.6 Å². The summed E-state index contributed by atoms with van der Waals surface area (Å²) in [6.45, 7) is 7.82. The third-order valence-electron chi connectivity index (χ3n) is 4.12. The minimum atomic E-state index is 0.397. The smallest absolute Gasteiger partial charge is 0.288 e. The molecule has 0 N–H and O–H groups in total. The van der Waals surface area contributed by atoms with E-state index in [0.717, 1.165) is 17.2 Å². The number of benzene rings is 1. The second-order valence-corrected chi connectivity index (χ2v) is 8.26. The Bertz CT molecular complexity index is 908. The fourth-order valence-corrected chi connectivity index (χ4v) is 3.56. The molecular weight excluding hydrogens is 364 g/mol. The van der Waals surface area contributed by atoms with Gasteiger partial charge in [-0.15, -0.1) is 16.4 Å². The molecule has 0 aliphatic heterocycles. The maximum Gasteiger partial charge on any atom is 0.288 e. The molecule has 0 amide bonds. The lowest BCUT2D eigenvalue weighted by molar-refractivity contribution is 0.240. The molecule has 5 nitrogen and oxygen atoms in total. The van der Waals surface area contributed by atoms with Gasteiger partial charge in [0, 0.05) is 11.9 Å². The van der Waals surface area contributed by atoms with Crippen LogP contribution >= 0.6 is 23.6 Å². The van der Waals surface area contributed by atoms with Crippen molar-refractivity contribution >= 4 is 23.6 Å². The van der Waals surface area contributed by atoms with Gasteiger partial charge in [0.05, 0.1) is 23.8 Å². The van der Waals surface area contributed by atoms with Crippen molar-refractivity contribution in [3.8, 4) is 0 Å². The van der Waals surface area contributed by atoms with E-state index in [1.165, 1.54) is 11.1 Å². The van der Waals surface area contributed by atoms with Crippen molar-refractivity contribution in [1.29, 1.82) is 0 Å². The van der Waals surface area contributed by atoms with Crippen LogP contribution in [0.5, 0.6) is 0 Å². The second kappa shape index (κ2) is 8.24. The second-order valence-electron chi connectivity index (χ2n) is 6.85. The van der Waals surface area contributed by atoms with Gasteiger partial charge >= 0.3 is 0 Å². The summed E-state index contributed by atoms with van der Waals surface area (Å²) in [5.74, 6) is 1.16. The zero-order valence-corrected chi connectivity index (χ0v) is 17.2. The summed E-state index contributed by atoms with van der Waals surface area (Å²) in [6.07, 6.45) is 0.571. The Morgan fingerprint density at radius 3 is 2.62 bits per heavy atom. The number of thiazole rings is 1. The first-order chi connectivity index (χ1) is 12.4. The molecule has 0 atom stereocenters. The van der Waals surface area contributed by atoms with Crippen molar-refractivity contribution in [3.05, 3.63) is 62.2 Å². The quantitative estimate of drug-likeness (QED) is 0.545.